The molecular weight excluding hydrogens is 433 g/mol. The molecule has 5 nitrogen and oxygen atoms in total. The molecule has 3 rings (SSSR count). The number of hydrogen-bond acceptors (Lipinski definition) is 4. The fourth-order valence-electron chi connectivity index (χ4n) is 2.70. The number of carbonyl (C=O) groups excluding carboxylic acids is 1. The van der Waals surface area contributed by atoms with Crippen LogP contribution in [0.1, 0.15) is 16.7 Å². The number of nitriles is 2. The molecule has 0 bridgehead atoms. The first kappa shape index (κ1) is 21.9. The maximum Gasteiger partial charge on any atom is 0.266 e. The molecular formula is C24H15Cl2N3O2. The Kier molecular flexibility index (Phi) is 7.30. The molecule has 3 aromatic carbocycles. The number of ether oxygens (including phenoxy) is 1. The summed E-state index contributed by atoms with van der Waals surface area (Å²) in [6.07, 6.45) is 1.42. The van der Waals surface area contributed by atoms with Crippen LogP contribution in [0.15, 0.2) is 72.3 Å². The molecule has 31 heavy (non-hydrogen) atoms. The van der Waals surface area contributed by atoms with Crippen LogP contribution in [0.2, 0.25) is 10.0 Å². The highest BCUT2D eigenvalue weighted by Gasteiger charge is 2.12. The second kappa shape index (κ2) is 10.3. The largest absolute Gasteiger partial charge is 0.487 e. The fourth-order valence-corrected chi connectivity index (χ4v) is 3.13. The molecule has 0 heterocycles. The quantitative estimate of drug-likeness (QED) is 0.371. The standard InChI is InChI=1S/C24H15Cl2N3O2/c25-20-7-3-4-8-22(20)29-24(30)19(14-28)11-16-9-10-23(21(26)12-16)31-15-18-6-2-1-5-17(18)13-27/h1-12H,15H2,(H,29,30)/b19-11+. The van der Waals surface area contributed by atoms with Crippen LogP contribution in [0.4, 0.5) is 5.69 Å². The van der Waals surface area contributed by atoms with Gasteiger partial charge in [-0.1, -0.05) is 59.6 Å². The Morgan fingerprint density at radius 3 is 2.45 bits per heavy atom. The maximum atomic E-state index is 12.4. The van der Waals surface area contributed by atoms with Crippen LogP contribution in [0.25, 0.3) is 6.08 Å². The van der Waals surface area contributed by atoms with E-state index in [-0.39, 0.29) is 12.2 Å². The molecule has 0 unspecified atom stereocenters. The van der Waals surface area contributed by atoms with E-state index in [4.69, 9.17) is 33.2 Å². The number of anilines is 1. The number of para-hydroxylation sites is 1. The predicted octanol–water partition coefficient (Wildman–Crippen LogP) is 5.99. The molecule has 0 atom stereocenters. The average molecular weight is 448 g/mol. The number of benzene rings is 3. The van der Waals surface area contributed by atoms with E-state index >= 15 is 0 Å². The highest BCUT2D eigenvalue weighted by atomic mass is 35.5. The van der Waals surface area contributed by atoms with Crippen molar-refractivity contribution in [2.24, 2.45) is 0 Å². The van der Waals surface area contributed by atoms with Gasteiger partial charge in [0.2, 0.25) is 0 Å². The fraction of sp³-hybridized carbons (Fsp3) is 0.0417. The third-order valence-electron chi connectivity index (χ3n) is 4.28. The summed E-state index contributed by atoms with van der Waals surface area (Å²) < 4.78 is 5.73. The molecule has 0 aliphatic rings. The van der Waals surface area contributed by atoms with Crippen LogP contribution in [-0.2, 0) is 11.4 Å². The van der Waals surface area contributed by atoms with Crippen LogP contribution >= 0.6 is 23.2 Å². The molecule has 0 aromatic heterocycles. The van der Waals surface area contributed by atoms with Crippen molar-refractivity contribution in [3.63, 3.8) is 0 Å². The summed E-state index contributed by atoms with van der Waals surface area (Å²) in [7, 11) is 0. The number of hydrogen-bond donors (Lipinski definition) is 1. The van der Waals surface area contributed by atoms with Gasteiger partial charge in [-0.15, -0.1) is 0 Å². The van der Waals surface area contributed by atoms with E-state index in [0.717, 1.165) is 5.56 Å². The number of rotatable bonds is 6. The van der Waals surface area contributed by atoms with Gasteiger partial charge in [0.1, 0.15) is 24.0 Å². The summed E-state index contributed by atoms with van der Waals surface area (Å²) in [6.45, 7) is 0.183. The Morgan fingerprint density at radius 2 is 1.74 bits per heavy atom. The molecule has 0 aliphatic carbocycles. The van der Waals surface area contributed by atoms with Gasteiger partial charge in [0, 0.05) is 5.56 Å². The van der Waals surface area contributed by atoms with Crippen LogP contribution in [0.3, 0.4) is 0 Å². The lowest BCUT2D eigenvalue weighted by Gasteiger charge is -2.10. The molecule has 3 aromatic rings. The van der Waals surface area contributed by atoms with Gasteiger partial charge in [-0.05, 0) is 42.0 Å². The lowest BCUT2D eigenvalue weighted by Crippen LogP contribution is -2.13. The highest BCUT2D eigenvalue weighted by Crippen LogP contribution is 2.28. The van der Waals surface area contributed by atoms with Gasteiger partial charge >= 0.3 is 0 Å². The van der Waals surface area contributed by atoms with Gasteiger partial charge in [0.25, 0.3) is 5.91 Å². The van der Waals surface area contributed by atoms with Crippen molar-refractivity contribution in [3.8, 4) is 17.9 Å². The summed E-state index contributed by atoms with van der Waals surface area (Å²) in [5.41, 5.74) is 2.14. The molecule has 0 fully saturated rings. The first-order valence-corrected chi connectivity index (χ1v) is 9.85. The predicted molar refractivity (Wildman–Crippen MR) is 121 cm³/mol. The normalized spacial score (nSPS) is 10.6. The van der Waals surface area contributed by atoms with Crippen molar-refractivity contribution in [3.05, 3.63) is 99.0 Å². The lowest BCUT2D eigenvalue weighted by atomic mass is 10.1. The molecule has 152 valence electrons. The Labute approximate surface area is 189 Å². The van der Waals surface area contributed by atoms with Gasteiger partial charge in [0.15, 0.2) is 0 Å². The van der Waals surface area contributed by atoms with Gasteiger partial charge < -0.3 is 10.1 Å². The third-order valence-corrected chi connectivity index (χ3v) is 4.90. The number of nitrogens with one attached hydrogen (secondary N) is 1. The minimum atomic E-state index is -0.583. The number of nitrogens with zero attached hydrogens (tertiary/aromatic N) is 2. The van der Waals surface area contributed by atoms with Crippen molar-refractivity contribution in [2.75, 3.05) is 5.32 Å². The molecule has 0 radical (unpaired) electrons. The third kappa shape index (κ3) is 5.65. The number of amides is 1. The van der Waals surface area contributed by atoms with Crippen molar-refractivity contribution >= 4 is 40.9 Å². The molecule has 0 aliphatic heterocycles. The Balaban J connectivity index is 1.74. The first-order valence-electron chi connectivity index (χ1n) is 9.10. The van der Waals surface area contributed by atoms with E-state index in [1.165, 1.54) is 6.08 Å². The van der Waals surface area contributed by atoms with Gasteiger partial charge in [-0.3, -0.25) is 4.79 Å². The zero-order valence-corrected chi connectivity index (χ0v) is 17.6. The highest BCUT2D eigenvalue weighted by molar-refractivity contribution is 6.34. The first-order chi connectivity index (χ1) is 15.0. The molecule has 0 saturated heterocycles. The van der Waals surface area contributed by atoms with Crippen LogP contribution in [0.5, 0.6) is 5.75 Å². The summed E-state index contributed by atoms with van der Waals surface area (Å²) in [6, 6.07) is 22.8. The second-order valence-corrected chi connectivity index (χ2v) is 7.17. The van der Waals surface area contributed by atoms with E-state index in [9.17, 15) is 10.1 Å². The van der Waals surface area contributed by atoms with Gasteiger partial charge in [0.05, 0.1) is 27.4 Å². The summed E-state index contributed by atoms with van der Waals surface area (Å²) in [4.78, 5) is 12.4. The van der Waals surface area contributed by atoms with E-state index in [1.54, 1.807) is 60.7 Å². The van der Waals surface area contributed by atoms with Gasteiger partial charge in [-0.25, -0.2) is 0 Å². The minimum Gasteiger partial charge on any atom is -0.487 e. The Hall–Kier alpha value is -3.77. The van der Waals surface area contributed by atoms with Crippen LogP contribution in [0, 0.1) is 22.7 Å². The van der Waals surface area contributed by atoms with Crippen molar-refractivity contribution in [1.29, 1.82) is 10.5 Å². The maximum absolute atomic E-state index is 12.4. The Morgan fingerprint density at radius 1 is 1.00 bits per heavy atom. The van der Waals surface area contributed by atoms with E-state index < -0.39 is 5.91 Å². The summed E-state index contributed by atoms with van der Waals surface area (Å²) in [5, 5.41) is 21.8. The Bertz CT molecular complexity index is 1240. The second-order valence-electron chi connectivity index (χ2n) is 6.35. The zero-order valence-electron chi connectivity index (χ0n) is 16.1. The zero-order chi connectivity index (χ0) is 22.2. The number of carbonyl (C=O) groups is 1. The van der Waals surface area contributed by atoms with E-state index in [2.05, 4.69) is 11.4 Å². The molecule has 1 amide bonds. The van der Waals surface area contributed by atoms with Crippen LogP contribution < -0.4 is 10.1 Å². The SMILES string of the molecule is N#C/C(=C\c1ccc(OCc2ccccc2C#N)c(Cl)c1)C(=O)Nc1ccccc1Cl. The molecule has 0 saturated carbocycles. The van der Waals surface area contributed by atoms with Crippen molar-refractivity contribution in [2.45, 2.75) is 6.61 Å². The molecule has 0 spiro atoms. The number of halogens is 2. The van der Waals surface area contributed by atoms with Crippen LogP contribution in [-0.4, -0.2) is 5.91 Å². The van der Waals surface area contributed by atoms with Crippen molar-refractivity contribution in [1.82, 2.24) is 0 Å². The topological polar surface area (TPSA) is 85.9 Å². The molecule has 1 N–H and O–H groups in total. The van der Waals surface area contributed by atoms with Gasteiger partial charge in [-0.2, -0.15) is 10.5 Å². The smallest absolute Gasteiger partial charge is 0.266 e. The summed E-state index contributed by atoms with van der Waals surface area (Å²) in [5.74, 6) is -0.161. The van der Waals surface area contributed by atoms with Crippen molar-refractivity contribution < 1.29 is 9.53 Å². The van der Waals surface area contributed by atoms with E-state index in [1.807, 2.05) is 12.1 Å². The molecule has 7 heteroatoms. The summed E-state index contributed by atoms with van der Waals surface area (Å²) >= 11 is 12.3. The minimum absolute atomic E-state index is 0.104. The monoisotopic (exact) mass is 447 g/mol. The lowest BCUT2D eigenvalue weighted by molar-refractivity contribution is -0.112. The average Bonchev–Trinajstić information content (AvgIpc) is 2.78. The van der Waals surface area contributed by atoms with E-state index in [0.29, 0.717) is 32.6 Å².